The SMILES string of the molecule is O=C(NCCc1ccccc1F)C1CCN(C(=O)c2cccc(CN3CCCC3)c2)CC1. The molecule has 32 heavy (non-hydrogen) atoms. The quantitative estimate of drug-likeness (QED) is 0.720. The van der Waals surface area contributed by atoms with Crippen molar-refractivity contribution < 1.29 is 14.0 Å². The zero-order chi connectivity index (χ0) is 22.3. The molecule has 0 spiro atoms. The Hall–Kier alpha value is -2.73. The Labute approximate surface area is 189 Å². The molecular weight excluding hydrogens is 405 g/mol. The van der Waals surface area contributed by atoms with Gasteiger partial charge in [-0.1, -0.05) is 30.3 Å². The minimum Gasteiger partial charge on any atom is -0.356 e. The summed E-state index contributed by atoms with van der Waals surface area (Å²) in [4.78, 5) is 29.8. The smallest absolute Gasteiger partial charge is 0.253 e. The van der Waals surface area contributed by atoms with Crippen LogP contribution in [0.2, 0.25) is 0 Å². The molecule has 1 N–H and O–H groups in total. The van der Waals surface area contributed by atoms with Crippen LogP contribution in [0, 0.1) is 11.7 Å². The zero-order valence-electron chi connectivity index (χ0n) is 18.6. The highest BCUT2D eigenvalue weighted by Crippen LogP contribution is 2.21. The van der Waals surface area contributed by atoms with Gasteiger partial charge in [0, 0.05) is 37.7 Å². The van der Waals surface area contributed by atoms with Crippen LogP contribution in [0.15, 0.2) is 48.5 Å². The van der Waals surface area contributed by atoms with Crippen molar-refractivity contribution in [2.75, 3.05) is 32.7 Å². The number of carbonyl (C=O) groups is 2. The molecule has 2 amide bonds. The lowest BCUT2D eigenvalue weighted by Crippen LogP contribution is -2.43. The number of halogens is 1. The summed E-state index contributed by atoms with van der Waals surface area (Å²) in [6.07, 6.45) is 4.30. The Kier molecular flexibility index (Phi) is 7.53. The first-order chi connectivity index (χ1) is 15.6. The summed E-state index contributed by atoms with van der Waals surface area (Å²) < 4.78 is 13.7. The van der Waals surface area contributed by atoms with E-state index in [1.54, 1.807) is 18.2 Å². The zero-order valence-corrected chi connectivity index (χ0v) is 18.6. The number of nitrogens with zero attached hydrogens (tertiary/aromatic N) is 2. The summed E-state index contributed by atoms with van der Waals surface area (Å²) in [5.74, 6) is -0.285. The lowest BCUT2D eigenvalue weighted by molar-refractivity contribution is -0.126. The fourth-order valence-corrected chi connectivity index (χ4v) is 4.69. The molecule has 0 radical (unpaired) electrons. The molecule has 4 rings (SSSR count). The van der Waals surface area contributed by atoms with Gasteiger partial charge >= 0.3 is 0 Å². The second kappa shape index (κ2) is 10.7. The molecule has 0 saturated carbocycles. The molecule has 2 fully saturated rings. The molecule has 6 heteroatoms. The van der Waals surface area contributed by atoms with Crippen molar-refractivity contribution >= 4 is 11.8 Å². The van der Waals surface area contributed by atoms with Gasteiger partial charge in [0.05, 0.1) is 0 Å². The van der Waals surface area contributed by atoms with Gasteiger partial charge in [0.25, 0.3) is 5.91 Å². The normalized spacial score (nSPS) is 17.5. The average Bonchev–Trinajstić information content (AvgIpc) is 3.33. The van der Waals surface area contributed by atoms with E-state index < -0.39 is 0 Å². The van der Waals surface area contributed by atoms with Crippen LogP contribution in [0.3, 0.4) is 0 Å². The molecule has 2 aromatic carbocycles. The first kappa shape index (κ1) is 22.5. The van der Waals surface area contributed by atoms with Gasteiger partial charge in [0.15, 0.2) is 0 Å². The summed E-state index contributed by atoms with van der Waals surface area (Å²) in [6, 6.07) is 14.6. The highest BCUT2D eigenvalue weighted by molar-refractivity contribution is 5.94. The molecule has 0 bridgehead atoms. The molecule has 2 aliphatic rings. The van der Waals surface area contributed by atoms with E-state index in [1.807, 2.05) is 23.1 Å². The maximum absolute atomic E-state index is 13.7. The molecule has 2 saturated heterocycles. The topological polar surface area (TPSA) is 52.7 Å². The predicted octanol–water partition coefficient (Wildman–Crippen LogP) is 3.63. The summed E-state index contributed by atoms with van der Waals surface area (Å²) in [5, 5.41) is 2.93. The van der Waals surface area contributed by atoms with Crippen molar-refractivity contribution in [3.63, 3.8) is 0 Å². The lowest BCUT2D eigenvalue weighted by Gasteiger charge is -2.31. The van der Waals surface area contributed by atoms with Crippen LogP contribution in [0.5, 0.6) is 0 Å². The average molecular weight is 438 g/mol. The maximum atomic E-state index is 13.7. The standard InChI is InChI=1S/C26H32FN3O2/c27-24-9-2-1-7-21(24)10-13-28-25(31)22-11-16-30(17-12-22)26(32)23-8-5-6-20(18-23)19-29-14-3-4-15-29/h1-2,5-9,18,22H,3-4,10-17,19H2,(H,28,31). The Morgan fingerprint density at radius 2 is 1.72 bits per heavy atom. The second-order valence-corrected chi connectivity index (χ2v) is 8.88. The van der Waals surface area contributed by atoms with Gasteiger partial charge in [0.2, 0.25) is 5.91 Å². The number of carbonyl (C=O) groups excluding carboxylic acids is 2. The highest BCUT2D eigenvalue weighted by atomic mass is 19.1. The van der Waals surface area contributed by atoms with E-state index in [2.05, 4.69) is 16.3 Å². The molecule has 0 atom stereocenters. The third kappa shape index (κ3) is 5.74. The van der Waals surface area contributed by atoms with E-state index in [0.29, 0.717) is 44.5 Å². The van der Waals surface area contributed by atoms with Gasteiger partial charge in [-0.15, -0.1) is 0 Å². The summed E-state index contributed by atoms with van der Waals surface area (Å²) in [7, 11) is 0. The van der Waals surface area contributed by atoms with Crippen molar-refractivity contribution in [1.29, 1.82) is 0 Å². The molecule has 0 aliphatic carbocycles. The third-order valence-electron chi connectivity index (χ3n) is 6.58. The van der Waals surface area contributed by atoms with Crippen LogP contribution in [0.4, 0.5) is 4.39 Å². The number of hydrogen-bond acceptors (Lipinski definition) is 3. The van der Waals surface area contributed by atoms with Gasteiger partial charge in [0.1, 0.15) is 5.82 Å². The molecule has 2 aromatic rings. The predicted molar refractivity (Wildman–Crippen MR) is 123 cm³/mol. The van der Waals surface area contributed by atoms with E-state index in [0.717, 1.165) is 25.2 Å². The van der Waals surface area contributed by atoms with Crippen LogP contribution in [-0.2, 0) is 17.8 Å². The number of amides is 2. The molecule has 5 nitrogen and oxygen atoms in total. The minimum absolute atomic E-state index is 0.000971. The molecular formula is C26H32FN3O2. The Bertz CT molecular complexity index is 934. The first-order valence-electron chi connectivity index (χ1n) is 11.7. The summed E-state index contributed by atoms with van der Waals surface area (Å²) in [6.45, 7) is 4.75. The fraction of sp³-hybridized carbons (Fsp3) is 0.462. The summed E-state index contributed by atoms with van der Waals surface area (Å²) in [5.41, 5.74) is 2.52. The van der Waals surface area contributed by atoms with Crippen molar-refractivity contribution in [1.82, 2.24) is 15.1 Å². The molecule has 2 heterocycles. The number of piperidine rings is 1. The lowest BCUT2D eigenvalue weighted by atomic mass is 9.95. The largest absolute Gasteiger partial charge is 0.356 e. The second-order valence-electron chi connectivity index (χ2n) is 8.88. The number of likely N-dealkylation sites (tertiary alicyclic amines) is 2. The van der Waals surface area contributed by atoms with Crippen LogP contribution in [-0.4, -0.2) is 54.3 Å². The van der Waals surface area contributed by atoms with Crippen molar-refractivity contribution in [3.05, 3.63) is 71.0 Å². The molecule has 2 aliphatic heterocycles. The van der Waals surface area contributed by atoms with E-state index in [9.17, 15) is 14.0 Å². The van der Waals surface area contributed by atoms with Gasteiger partial charge in [-0.05, 0) is 74.5 Å². The van der Waals surface area contributed by atoms with E-state index in [4.69, 9.17) is 0 Å². The Balaban J connectivity index is 1.23. The minimum atomic E-state index is -0.238. The van der Waals surface area contributed by atoms with E-state index in [-0.39, 0.29) is 23.5 Å². The third-order valence-corrected chi connectivity index (χ3v) is 6.58. The fourth-order valence-electron chi connectivity index (χ4n) is 4.69. The monoisotopic (exact) mass is 437 g/mol. The Morgan fingerprint density at radius 3 is 2.47 bits per heavy atom. The van der Waals surface area contributed by atoms with Crippen molar-refractivity contribution in [3.8, 4) is 0 Å². The van der Waals surface area contributed by atoms with Crippen molar-refractivity contribution in [2.45, 2.75) is 38.6 Å². The van der Waals surface area contributed by atoms with E-state index in [1.165, 1.54) is 24.5 Å². The van der Waals surface area contributed by atoms with Gasteiger partial charge < -0.3 is 10.2 Å². The van der Waals surface area contributed by atoms with Gasteiger partial charge in [-0.3, -0.25) is 14.5 Å². The molecule has 170 valence electrons. The highest BCUT2D eigenvalue weighted by Gasteiger charge is 2.28. The van der Waals surface area contributed by atoms with Gasteiger partial charge in [-0.25, -0.2) is 4.39 Å². The molecule has 0 unspecified atom stereocenters. The maximum Gasteiger partial charge on any atom is 0.253 e. The number of nitrogens with one attached hydrogen (secondary N) is 1. The van der Waals surface area contributed by atoms with Crippen molar-refractivity contribution in [2.24, 2.45) is 5.92 Å². The summed E-state index contributed by atoms with van der Waals surface area (Å²) >= 11 is 0. The number of benzene rings is 2. The first-order valence-corrected chi connectivity index (χ1v) is 11.7. The molecule has 0 aromatic heterocycles. The van der Waals surface area contributed by atoms with E-state index >= 15 is 0 Å². The number of hydrogen-bond donors (Lipinski definition) is 1. The van der Waals surface area contributed by atoms with Crippen LogP contribution in [0.1, 0.15) is 47.2 Å². The van der Waals surface area contributed by atoms with Crippen LogP contribution in [0.25, 0.3) is 0 Å². The number of rotatable bonds is 7. The van der Waals surface area contributed by atoms with Crippen LogP contribution >= 0.6 is 0 Å². The van der Waals surface area contributed by atoms with Gasteiger partial charge in [-0.2, -0.15) is 0 Å². The Morgan fingerprint density at radius 1 is 0.969 bits per heavy atom. The van der Waals surface area contributed by atoms with Crippen LogP contribution < -0.4 is 5.32 Å².